The Morgan fingerprint density at radius 1 is 1.00 bits per heavy atom. The van der Waals surface area contributed by atoms with Gasteiger partial charge in [-0.1, -0.05) is 77.3 Å². The van der Waals surface area contributed by atoms with Crippen LogP contribution in [0.4, 0.5) is 5.69 Å². The second kappa shape index (κ2) is 8.93. The zero-order valence-electron chi connectivity index (χ0n) is 15.8. The van der Waals surface area contributed by atoms with Crippen LogP contribution >= 0.6 is 34.8 Å². The Bertz CT molecular complexity index is 1050. The van der Waals surface area contributed by atoms with Crippen LogP contribution in [0.15, 0.2) is 54.6 Å². The predicted octanol–water partition coefficient (Wildman–Crippen LogP) is 6.65. The van der Waals surface area contributed by atoms with E-state index in [-0.39, 0.29) is 11.8 Å². The number of carbonyl (C=O) groups excluding carboxylic acids is 1. The third kappa shape index (κ3) is 4.70. The number of benzene rings is 3. The number of hydrogen-bond acceptors (Lipinski definition) is 2. The van der Waals surface area contributed by atoms with Crippen molar-refractivity contribution in [2.75, 3.05) is 18.4 Å². The number of fused-ring (bicyclic) bond motifs is 1. The molecule has 0 bridgehead atoms. The van der Waals surface area contributed by atoms with Gasteiger partial charge in [0.05, 0.1) is 26.7 Å². The highest BCUT2D eigenvalue weighted by Crippen LogP contribution is 2.33. The standard InChI is InChI=1S/C23H21Cl3N2O/c24-19-11-21(26)22(12-20(19)25)27-23(29)17-8-4-10-28(14-17)13-16-7-3-6-15-5-1-2-9-18(15)16/h1-3,5-7,9,11-12,17H,4,8,10,13-14H2,(H,27,29). The van der Waals surface area contributed by atoms with E-state index in [1.807, 2.05) is 0 Å². The van der Waals surface area contributed by atoms with Crippen molar-refractivity contribution in [1.29, 1.82) is 0 Å². The molecule has 1 aliphatic heterocycles. The lowest BCUT2D eigenvalue weighted by Gasteiger charge is -2.32. The molecular formula is C23H21Cl3N2O. The quantitative estimate of drug-likeness (QED) is 0.454. The highest BCUT2D eigenvalue weighted by Gasteiger charge is 2.26. The smallest absolute Gasteiger partial charge is 0.228 e. The molecule has 1 atom stereocenters. The molecule has 1 heterocycles. The number of anilines is 1. The maximum Gasteiger partial charge on any atom is 0.228 e. The minimum Gasteiger partial charge on any atom is -0.324 e. The molecule has 3 aromatic carbocycles. The lowest BCUT2D eigenvalue weighted by Crippen LogP contribution is -2.40. The summed E-state index contributed by atoms with van der Waals surface area (Å²) >= 11 is 18.2. The fourth-order valence-corrected chi connectivity index (χ4v) is 4.53. The Labute approximate surface area is 185 Å². The number of likely N-dealkylation sites (tertiary alicyclic amines) is 1. The van der Waals surface area contributed by atoms with Gasteiger partial charge in [-0.2, -0.15) is 0 Å². The fraction of sp³-hybridized carbons (Fsp3) is 0.261. The topological polar surface area (TPSA) is 32.3 Å². The van der Waals surface area contributed by atoms with Gasteiger partial charge in [-0.05, 0) is 47.9 Å². The van der Waals surface area contributed by atoms with Gasteiger partial charge in [0.1, 0.15) is 0 Å². The molecule has 29 heavy (non-hydrogen) atoms. The minimum atomic E-state index is -0.0933. The molecule has 0 aliphatic carbocycles. The highest BCUT2D eigenvalue weighted by atomic mass is 35.5. The lowest BCUT2D eigenvalue weighted by atomic mass is 9.96. The van der Waals surface area contributed by atoms with E-state index in [4.69, 9.17) is 34.8 Å². The van der Waals surface area contributed by atoms with Crippen LogP contribution in [0.1, 0.15) is 18.4 Å². The molecule has 0 radical (unpaired) electrons. The summed E-state index contributed by atoms with van der Waals surface area (Å²) in [5.41, 5.74) is 1.79. The Hall–Kier alpha value is -1.78. The van der Waals surface area contributed by atoms with Crippen LogP contribution in [0.5, 0.6) is 0 Å². The fourth-order valence-electron chi connectivity index (χ4n) is 3.94. The summed E-state index contributed by atoms with van der Waals surface area (Å²) in [5.74, 6) is -0.128. The second-order valence-corrected chi connectivity index (χ2v) is 8.67. The van der Waals surface area contributed by atoms with Gasteiger partial charge in [-0.3, -0.25) is 9.69 Å². The number of nitrogens with zero attached hydrogens (tertiary/aromatic N) is 1. The Kier molecular flexibility index (Phi) is 6.31. The number of amides is 1. The Morgan fingerprint density at radius 2 is 1.76 bits per heavy atom. The molecule has 150 valence electrons. The third-order valence-corrected chi connectivity index (χ3v) is 6.45. The summed E-state index contributed by atoms with van der Waals surface area (Å²) in [7, 11) is 0. The average Bonchev–Trinajstić information content (AvgIpc) is 2.72. The maximum atomic E-state index is 12.9. The molecule has 4 rings (SSSR count). The van der Waals surface area contributed by atoms with Crippen molar-refractivity contribution in [3.8, 4) is 0 Å². The van der Waals surface area contributed by atoms with Crippen LogP contribution in [-0.4, -0.2) is 23.9 Å². The summed E-state index contributed by atoms with van der Waals surface area (Å²) in [5, 5.41) is 6.55. The van der Waals surface area contributed by atoms with Gasteiger partial charge in [-0.25, -0.2) is 0 Å². The van der Waals surface area contributed by atoms with Crippen molar-refractivity contribution < 1.29 is 4.79 Å². The zero-order chi connectivity index (χ0) is 20.4. The van der Waals surface area contributed by atoms with Crippen molar-refractivity contribution >= 4 is 57.2 Å². The molecule has 0 saturated carbocycles. The van der Waals surface area contributed by atoms with Crippen molar-refractivity contribution in [2.45, 2.75) is 19.4 Å². The van der Waals surface area contributed by atoms with Gasteiger partial charge >= 0.3 is 0 Å². The predicted molar refractivity (Wildman–Crippen MR) is 122 cm³/mol. The van der Waals surface area contributed by atoms with Crippen molar-refractivity contribution in [1.82, 2.24) is 4.90 Å². The zero-order valence-corrected chi connectivity index (χ0v) is 18.1. The highest BCUT2D eigenvalue weighted by molar-refractivity contribution is 6.44. The van der Waals surface area contributed by atoms with Crippen LogP contribution < -0.4 is 5.32 Å². The van der Waals surface area contributed by atoms with E-state index in [0.717, 1.165) is 25.9 Å². The van der Waals surface area contributed by atoms with Crippen molar-refractivity contribution in [2.24, 2.45) is 5.92 Å². The molecule has 1 unspecified atom stereocenters. The monoisotopic (exact) mass is 446 g/mol. The summed E-state index contributed by atoms with van der Waals surface area (Å²) in [6, 6.07) is 18.0. The van der Waals surface area contributed by atoms with Gasteiger partial charge in [0.25, 0.3) is 0 Å². The molecule has 1 N–H and O–H groups in total. The molecule has 6 heteroatoms. The number of halogens is 3. The molecule has 3 nitrogen and oxygen atoms in total. The molecule has 0 aromatic heterocycles. The average molecular weight is 448 g/mol. The van der Waals surface area contributed by atoms with Gasteiger partial charge in [0.15, 0.2) is 0 Å². The summed E-state index contributed by atoms with van der Waals surface area (Å²) in [6.07, 6.45) is 1.84. The van der Waals surface area contributed by atoms with E-state index < -0.39 is 0 Å². The first-order valence-corrected chi connectivity index (χ1v) is 10.8. The normalized spacial score (nSPS) is 17.4. The molecule has 1 saturated heterocycles. The number of rotatable bonds is 4. The van der Waals surface area contributed by atoms with E-state index in [0.29, 0.717) is 27.3 Å². The number of hydrogen-bond donors (Lipinski definition) is 1. The largest absolute Gasteiger partial charge is 0.324 e. The lowest BCUT2D eigenvalue weighted by molar-refractivity contribution is -0.121. The molecule has 1 amide bonds. The summed E-state index contributed by atoms with van der Waals surface area (Å²) in [6.45, 7) is 2.53. The van der Waals surface area contributed by atoms with Crippen LogP contribution in [-0.2, 0) is 11.3 Å². The van der Waals surface area contributed by atoms with Crippen molar-refractivity contribution in [3.63, 3.8) is 0 Å². The molecule has 0 spiro atoms. The van der Waals surface area contributed by atoms with Crippen LogP contribution in [0, 0.1) is 5.92 Å². The second-order valence-electron chi connectivity index (χ2n) is 7.45. The third-order valence-electron chi connectivity index (χ3n) is 5.42. The van der Waals surface area contributed by atoms with Crippen LogP contribution in [0.25, 0.3) is 10.8 Å². The summed E-state index contributed by atoms with van der Waals surface area (Å²) < 4.78 is 0. The van der Waals surface area contributed by atoms with Crippen molar-refractivity contribution in [3.05, 3.63) is 75.2 Å². The number of carbonyl (C=O) groups is 1. The van der Waals surface area contributed by atoms with E-state index in [1.54, 1.807) is 12.1 Å². The SMILES string of the molecule is O=C(Nc1cc(Cl)c(Cl)cc1Cl)C1CCCN(Cc2cccc3ccccc23)C1. The number of piperidine rings is 1. The van der Waals surface area contributed by atoms with Gasteiger partial charge < -0.3 is 5.32 Å². The van der Waals surface area contributed by atoms with Gasteiger partial charge in [0, 0.05) is 13.1 Å². The van der Waals surface area contributed by atoms with E-state index in [1.165, 1.54) is 16.3 Å². The van der Waals surface area contributed by atoms with E-state index in [2.05, 4.69) is 52.7 Å². The molecule has 1 aliphatic rings. The Morgan fingerprint density at radius 3 is 2.62 bits per heavy atom. The first kappa shape index (κ1) is 20.5. The van der Waals surface area contributed by atoms with Crippen LogP contribution in [0.3, 0.4) is 0 Å². The molecule has 1 fully saturated rings. The van der Waals surface area contributed by atoms with E-state index in [9.17, 15) is 4.79 Å². The Balaban J connectivity index is 1.45. The molecule has 3 aromatic rings. The molecular weight excluding hydrogens is 427 g/mol. The minimum absolute atomic E-state index is 0.0343. The summed E-state index contributed by atoms with van der Waals surface area (Å²) in [4.78, 5) is 15.2. The first-order valence-electron chi connectivity index (χ1n) is 9.65. The first-order chi connectivity index (χ1) is 14.0. The number of nitrogens with one attached hydrogen (secondary N) is 1. The van der Waals surface area contributed by atoms with E-state index >= 15 is 0 Å². The maximum absolute atomic E-state index is 12.9. The van der Waals surface area contributed by atoms with Gasteiger partial charge in [0.2, 0.25) is 5.91 Å². The van der Waals surface area contributed by atoms with Crippen LogP contribution in [0.2, 0.25) is 15.1 Å². The van der Waals surface area contributed by atoms with Gasteiger partial charge in [-0.15, -0.1) is 0 Å².